The summed E-state index contributed by atoms with van der Waals surface area (Å²) in [5, 5.41) is 0. The van der Waals surface area contributed by atoms with Crippen LogP contribution in [-0.4, -0.2) is 19.5 Å². The molecule has 3 aromatic carbocycles. The highest BCUT2D eigenvalue weighted by atomic mass is 16.5. The minimum absolute atomic E-state index is 0.405. The number of fused-ring (bicyclic) bond motifs is 2. The number of hydrogen-bond donors (Lipinski definition) is 1. The Morgan fingerprint density at radius 3 is 2.65 bits per heavy atom. The Morgan fingerprint density at radius 1 is 0.885 bits per heavy atom. The molecule has 0 amide bonds. The van der Waals surface area contributed by atoms with E-state index in [4.69, 9.17) is 4.74 Å². The van der Waals surface area contributed by atoms with E-state index >= 15 is 0 Å². The van der Waals surface area contributed by atoms with Gasteiger partial charge in [0.2, 0.25) is 0 Å². The van der Waals surface area contributed by atoms with Gasteiger partial charge in [-0.15, -0.1) is 0 Å². The lowest BCUT2D eigenvalue weighted by atomic mass is 10.2. The molecule has 0 aliphatic heterocycles. The topological polar surface area (TPSA) is 55.7 Å². The fourth-order valence-electron chi connectivity index (χ4n) is 3.10. The maximum atomic E-state index is 5.77. The van der Waals surface area contributed by atoms with Gasteiger partial charge in [-0.05, 0) is 42.5 Å². The van der Waals surface area contributed by atoms with Crippen molar-refractivity contribution in [2.45, 2.75) is 6.61 Å². The van der Waals surface area contributed by atoms with Crippen molar-refractivity contribution in [3.8, 4) is 11.4 Å². The molecule has 2 heterocycles. The quantitative estimate of drug-likeness (QED) is 0.525. The molecule has 0 radical (unpaired) electrons. The molecule has 5 heteroatoms. The number of imidazole rings is 2. The zero-order valence-corrected chi connectivity index (χ0v) is 14.0. The number of nitrogens with one attached hydrogen (secondary N) is 1. The van der Waals surface area contributed by atoms with Gasteiger partial charge >= 0.3 is 0 Å². The number of nitrogens with zero attached hydrogens (tertiary/aromatic N) is 3. The van der Waals surface area contributed by atoms with Crippen LogP contribution in [0.5, 0.6) is 5.75 Å². The smallest absolute Gasteiger partial charge is 0.146 e. The molecule has 0 bridgehead atoms. The van der Waals surface area contributed by atoms with Gasteiger partial charge in [0.25, 0.3) is 0 Å². The van der Waals surface area contributed by atoms with Gasteiger partial charge in [0.05, 0.1) is 22.1 Å². The molecule has 0 saturated heterocycles. The Hall–Kier alpha value is -3.60. The van der Waals surface area contributed by atoms with Crippen LogP contribution >= 0.6 is 0 Å². The minimum Gasteiger partial charge on any atom is -0.486 e. The second kappa shape index (κ2) is 6.04. The van der Waals surface area contributed by atoms with Crippen molar-refractivity contribution in [2.75, 3.05) is 0 Å². The lowest BCUT2D eigenvalue weighted by Gasteiger charge is -2.04. The van der Waals surface area contributed by atoms with Gasteiger partial charge in [-0.25, -0.2) is 9.97 Å². The Balaban J connectivity index is 1.46. The average Bonchev–Trinajstić information content (AvgIpc) is 3.30. The van der Waals surface area contributed by atoms with Crippen molar-refractivity contribution in [3.63, 3.8) is 0 Å². The van der Waals surface area contributed by atoms with Gasteiger partial charge in [-0.2, -0.15) is 0 Å². The predicted octanol–water partition coefficient (Wildman–Crippen LogP) is 4.48. The molecule has 0 saturated carbocycles. The first-order valence-corrected chi connectivity index (χ1v) is 8.46. The molecule has 5 aromatic rings. The highest BCUT2D eigenvalue weighted by molar-refractivity contribution is 5.81. The number of benzene rings is 3. The molecule has 0 aliphatic rings. The highest BCUT2D eigenvalue weighted by Gasteiger charge is 2.08. The summed E-state index contributed by atoms with van der Waals surface area (Å²) < 4.78 is 7.85. The molecule has 126 valence electrons. The van der Waals surface area contributed by atoms with E-state index in [1.807, 2.05) is 60.9 Å². The van der Waals surface area contributed by atoms with Crippen molar-refractivity contribution in [1.29, 1.82) is 0 Å². The molecule has 5 nitrogen and oxygen atoms in total. The van der Waals surface area contributed by atoms with Crippen molar-refractivity contribution in [1.82, 2.24) is 19.5 Å². The Morgan fingerprint density at radius 2 is 1.73 bits per heavy atom. The fraction of sp³-hybridized carbons (Fsp3) is 0.0476. The van der Waals surface area contributed by atoms with Gasteiger partial charge in [-0.3, -0.25) is 4.57 Å². The van der Waals surface area contributed by atoms with Crippen LogP contribution < -0.4 is 4.74 Å². The summed E-state index contributed by atoms with van der Waals surface area (Å²) in [4.78, 5) is 12.4. The summed E-state index contributed by atoms with van der Waals surface area (Å²) in [5.41, 5.74) is 5.01. The summed E-state index contributed by atoms with van der Waals surface area (Å²) in [6.07, 6.45) is 1.85. The average molecular weight is 340 g/mol. The fourth-order valence-corrected chi connectivity index (χ4v) is 3.10. The van der Waals surface area contributed by atoms with Crippen LogP contribution in [-0.2, 0) is 6.61 Å². The molecular formula is C21H16N4O. The SMILES string of the molecule is c1ccc(OCc2nc3ccc(-n4cnc5ccccc54)cc3[nH]2)cc1. The van der Waals surface area contributed by atoms with E-state index in [0.717, 1.165) is 39.3 Å². The number of aromatic amines is 1. The third-order valence-corrected chi connectivity index (χ3v) is 4.36. The van der Waals surface area contributed by atoms with E-state index < -0.39 is 0 Å². The maximum absolute atomic E-state index is 5.77. The van der Waals surface area contributed by atoms with Gasteiger partial charge in [-0.1, -0.05) is 30.3 Å². The lowest BCUT2D eigenvalue weighted by molar-refractivity contribution is 0.297. The molecule has 1 N–H and O–H groups in total. The number of H-pyrrole nitrogens is 1. The second-order valence-corrected chi connectivity index (χ2v) is 6.09. The van der Waals surface area contributed by atoms with Crippen molar-refractivity contribution < 1.29 is 4.74 Å². The van der Waals surface area contributed by atoms with E-state index in [-0.39, 0.29) is 0 Å². The number of ether oxygens (including phenoxy) is 1. The summed E-state index contributed by atoms with van der Waals surface area (Å²) >= 11 is 0. The van der Waals surface area contributed by atoms with Crippen LogP contribution in [0.2, 0.25) is 0 Å². The van der Waals surface area contributed by atoms with E-state index in [1.54, 1.807) is 0 Å². The normalized spacial score (nSPS) is 11.2. The molecular weight excluding hydrogens is 324 g/mol. The standard InChI is InChI=1S/C21H16N4O/c1-2-6-16(7-3-1)26-13-21-23-17-11-10-15(12-19(17)24-21)25-14-22-18-8-4-5-9-20(18)25/h1-12,14H,13H2,(H,23,24). The second-order valence-electron chi connectivity index (χ2n) is 6.09. The number of aromatic nitrogens is 4. The number of hydrogen-bond acceptors (Lipinski definition) is 3. The summed E-state index contributed by atoms with van der Waals surface area (Å²) in [6.45, 7) is 0.405. The molecule has 0 unspecified atom stereocenters. The van der Waals surface area contributed by atoms with Crippen molar-refractivity contribution in [3.05, 3.63) is 84.9 Å². The van der Waals surface area contributed by atoms with Crippen LogP contribution in [0.4, 0.5) is 0 Å². The van der Waals surface area contributed by atoms with Gasteiger partial charge in [0.1, 0.15) is 24.5 Å². The molecule has 0 fully saturated rings. The first kappa shape index (κ1) is 14.7. The minimum atomic E-state index is 0.405. The third-order valence-electron chi connectivity index (χ3n) is 4.36. The van der Waals surface area contributed by atoms with Crippen molar-refractivity contribution >= 4 is 22.1 Å². The van der Waals surface area contributed by atoms with Crippen LogP contribution in [0.15, 0.2) is 79.1 Å². The van der Waals surface area contributed by atoms with Crippen LogP contribution in [0.1, 0.15) is 5.82 Å². The first-order valence-electron chi connectivity index (χ1n) is 8.46. The number of para-hydroxylation sites is 3. The Bertz CT molecular complexity index is 1190. The third kappa shape index (κ3) is 2.59. The van der Waals surface area contributed by atoms with Gasteiger partial charge in [0.15, 0.2) is 0 Å². The van der Waals surface area contributed by atoms with Crippen LogP contribution in [0.25, 0.3) is 27.8 Å². The zero-order chi connectivity index (χ0) is 17.3. The van der Waals surface area contributed by atoms with Gasteiger partial charge in [0, 0.05) is 5.69 Å². The molecule has 5 rings (SSSR count). The molecule has 0 aliphatic carbocycles. The van der Waals surface area contributed by atoms with Crippen molar-refractivity contribution in [2.24, 2.45) is 0 Å². The maximum Gasteiger partial charge on any atom is 0.146 e. The Labute approximate surface area is 149 Å². The predicted molar refractivity (Wildman–Crippen MR) is 101 cm³/mol. The molecule has 26 heavy (non-hydrogen) atoms. The molecule has 0 spiro atoms. The highest BCUT2D eigenvalue weighted by Crippen LogP contribution is 2.22. The molecule has 2 aromatic heterocycles. The van der Waals surface area contributed by atoms with E-state index in [1.165, 1.54) is 0 Å². The van der Waals surface area contributed by atoms with Crippen LogP contribution in [0.3, 0.4) is 0 Å². The van der Waals surface area contributed by atoms with E-state index in [0.29, 0.717) is 6.61 Å². The first-order chi connectivity index (χ1) is 12.9. The largest absolute Gasteiger partial charge is 0.486 e. The summed E-state index contributed by atoms with van der Waals surface area (Å²) in [6, 6.07) is 24.0. The Kier molecular flexibility index (Phi) is 3.42. The summed E-state index contributed by atoms with van der Waals surface area (Å²) in [5.74, 6) is 1.63. The monoisotopic (exact) mass is 340 g/mol. The van der Waals surface area contributed by atoms with Gasteiger partial charge < -0.3 is 9.72 Å². The zero-order valence-electron chi connectivity index (χ0n) is 14.0. The number of rotatable bonds is 4. The van der Waals surface area contributed by atoms with E-state index in [2.05, 4.69) is 37.7 Å². The summed E-state index contributed by atoms with van der Waals surface area (Å²) in [7, 11) is 0. The van der Waals surface area contributed by atoms with Crippen LogP contribution in [0, 0.1) is 0 Å². The molecule has 0 atom stereocenters. The van der Waals surface area contributed by atoms with E-state index in [9.17, 15) is 0 Å². The lowest BCUT2D eigenvalue weighted by Crippen LogP contribution is -1.96.